The van der Waals surface area contributed by atoms with Gasteiger partial charge in [0.15, 0.2) is 5.69 Å². The highest BCUT2D eigenvalue weighted by molar-refractivity contribution is 6.35. The standard InChI is InChI=1S/C29H31N5O5/c1-33(2)27(39)25(37)32-29-14-12-18(13-15-29)17-34-26(38)23(35)22(31-28(29)34)24(36)30-16-20-10-6-7-11-21(20)19-8-4-3-5-9-19/h3-11,18,35H,12-17H2,1-2H3,(H,30,36)(H,32,37). The van der Waals surface area contributed by atoms with E-state index >= 15 is 0 Å². The third kappa shape index (κ3) is 4.89. The first-order valence-electron chi connectivity index (χ1n) is 13.0. The summed E-state index contributed by atoms with van der Waals surface area (Å²) in [5.74, 6) is -2.62. The molecule has 1 saturated carbocycles. The lowest BCUT2D eigenvalue weighted by atomic mass is 9.77. The Morgan fingerprint density at radius 1 is 1.05 bits per heavy atom. The van der Waals surface area contributed by atoms with Gasteiger partial charge in [-0.05, 0) is 48.3 Å². The minimum Gasteiger partial charge on any atom is -0.501 e. The van der Waals surface area contributed by atoms with E-state index in [0.29, 0.717) is 32.2 Å². The van der Waals surface area contributed by atoms with E-state index in [-0.39, 0.29) is 18.3 Å². The molecule has 1 aliphatic carbocycles. The number of carbonyl (C=O) groups excluding carboxylic acids is 3. The van der Waals surface area contributed by atoms with Gasteiger partial charge in [-0.3, -0.25) is 23.7 Å². The number of rotatable bonds is 5. The molecule has 2 aromatic carbocycles. The van der Waals surface area contributed by atoms with Crippen molar-refractivity contribution in [1.82, 2.24) is 25.1 Å². The molecule has 1 fully saturated rings. The summed E-state index contributed by atoms with van der Waals surface area (Å²) < 4.78 is 1.35. The average Bonchev–Trinajstić information content (AvgIpc) is 3.19. The number of hydrogen-bond donors (Lipinski definition) is 3. The summed E-state index contributed by atoms with van der Waals surface area (Å²) in [6.45, 7) is 0.463. The molecule has 0 unspecified atom stereocenters. The second kappa shape index (κ2) is 10.4. The Balaban J connectivity index is 1.48. The van der Waals surface area contributed by atoms with Crippen LogP contribution in [0.1, 0.15) is 47.6 Å². The number of benzene rings is 2. The molecule has 3 aliphatic rings. The molecule has 202 valence electrons. The number of hydrogen-bond acceptors (Lipinski definition) is 6. The van der Waals surface area contributed by atoms with E-state index in [4.69, 9.17) is 0 Å². The molecule has 3 aromatic rings. The number of nitrogens with one attached hydrogen (secondary N) is 2. The summed E-state index contributed by atoms with van der Waals surface area (Å²) >= 11 is 0. The van der Waals surface area contributed by atoms with Crippen LogP contribution in [0.25, 0.3) is 11.1 Å². The SMILES string of the molecule is CN(C)C(=O)C(=O)NC12CCC(CC1)Cn1c2nc(C(=O)NCc2ccccc2-c2ccccc2)c(O)c1=O. The fraction of sp³-hybridized carbons (Fsp3) is 0.345. The zero-order valence-electron chi connectivity index (χ0n) is 21.9. The lowest BCUT2D eigenvalue weighted by molar-refractivity contribution is -0.145. The predicted octanol–water partition coefficient (Wildman–Crippen LogP) is 2.15. The maximum atomic E-state index is 13.3. The van der Waals surface area contributed by atoms with Crippen molar-refractivity contribution in [2.45, 2.75) is 44.3 Å². The van der Waals surface area contributed by atoms with E-state index < -0.39 is 40.3 Å². The number of likely N-dealkylation sites (N-methyl/N-ethyl adjacent to an activating group) is 1. The molecule has 0 saturated heterocycles. The Hall–Kier alpha value is -4.47. The normalized spacial score (nSPS) is 19.5. The zero-order valence-corrected chi connectivity index (χ0v) is 21.9. The highest BCUT2D eigenvalue weighted by Crippen LogP contribution is 2.43. The molecule has 10 nitrogen and oxygen atoms in total. The molecule has 2 aliphatic heterocycles. The van der Waals surface area contributed by atoms with E-state index in [9.17, 15) is 24.3 Å². The van der Waals surface area contributed by atoms with Crippen molar-refractivity contribution in [3.05, 3.63) is 82.0 Å². The van der Waals surface area contributed by atoms with Gasteiger partial charge in [0.1, 0.15) is 5.82 Å². The summed E-state index contributed by atoms with van der Waals surface area (Å²) in [5.41, 5.74) is 0.557. The molecular formula is C29H31N5O5. The number of fused-ring (bicyclic) bond motifs is 2. The fourth-order valence-electron chi connectivity index (χ4n) is 5.56. The van der Waals surface area contributed by atoms with Crippen molar-refractivity contribution in [3.63, 3.8) is 0 Å². The van der Waals surface area contributed by atoms with E-state index in [1.807, 2.05) is 54.6 Å². The molecule has 3 N–H and O–H groups in total. The molecule has 39 heavy (non-hydrogen) atoms. The van der Waals surface area contributed by atoms with Gasteiger partial charge in [0.2, 0.25) is 5.75 Å². The maximum Gasteiger partial charge on any atom is 0.311 e. The van der Waals surface area contributed by atoms with Gasteiger partial charge in [-0.25, -0.2) is 4.98 Å². The van der Waals surface area contributed by atoms with Crippen LogP contribution in [0.5, 0.6) is 5.75 Å². The van der Waals surface area contributed by atoms with Crippen LogP contribution in [-0.2, 0) is 28.2 Å². The molecule has 0 spiro atoms. The lowest BCUT2D eigenvalue weighted by Gasteiger charge is -2.37. The number of carbonyl (C=O) groups is 3. The molecule has 3 amide bonds. The smallest absolute Gasteiger partial charge is 0.311 e. The van der Waals surface area contributed by atoms with Gasteiger partial charge in [0, 0.05) is 27.2 Å². The second-order valence-electron chi connectivity index (χ2n) is 10.4. The molecule has 3 heterocycles. The van der Waals surface area contributed by atoms with E-state index in [0.717, 1.165) is 16.7 Å². The van der Waals surface area contributed by atoms with Crippen LogP contribution < -0.4 is 16.2 Å². The number of nitrogens with zero attached hydrogens (tertiary/aromatic N) is 3. The molecule has 6 rings (SSSR count). The van der Waals surface area contributed by atoms with Gasteiger partial charge < -0.3 is 20.6 Å². The van der Waals surface area contributed by atoms with E-state index in [2.05, 4.69) is 15.6 Å². The topological polar surface area (TPSA) is 134 Å². The van der Waals surface area contributed by atoms with Crippen LogP contribution in [0.4, 0.5) is 0 Å². The highest BCUT2D eigenvalue weighted by atomic mass is 16.3. The average molecular weight is 530 g/mol. The van der Waals surface area contributed by atoms with Crippen LogP contribution in [0, 0.1) is 5.92 Å². The van der Waals surface area contributed by atoms with E-state index in [1.165, 1.54) is 23.6 Å². The summed E-state index contributed by atoms with van der Waals surface area (Å²) in [6, 6.07) is 17.4. The Bertz CT molecular complexity index is 1490. The third-order valence-corrected chi connectivity index (χ3v) is 7.68. The summed E-state index contributed by atoms with van der Waals surface area (Å²) in [5, 5.41) is 16.4. The molecule has 10 heteroatoms. The maximum absolute atomic E-state index is 13.3. The van der Waals surface area contributed by atoms with Crippen molar-refractivity contribution >= 4 is 17.7 Å². The minimum atomic E-state index is -1.10. The zero-order chi connectivity index (χ0) is 27.7. The van der Waals surface area contributed by atoms with Gasteiger partial charge in [0.25, 0.3) is 11.5 Å². The minimum absolute atomic E-state index is 0.144. The Morgan fingerprint density at radius 2 is 1.72 bits per heavy atom. The number of amides is 3. The van der Waals surface area contributed by atoms with Crippen molar-refractivity contribution in [2.75, 3.05) is 14.1 Å². The molecule has 0 radical (unpaired) electrons. The highest BCUT2D eigenvalue weighted by Gasteiger charge is 2.46. The van der Waals surface area contributed by atoms with Crippen LogP contribution in [0.15, 0.2) is 59.4 Å². The first-order chi connectivity index (χ1) is 18.7. The summed E-state index contributed by atoms with van der Waals surface area (Å²) in [6.07, 6.45) is 2.34. The van der Waals surface area contributed by atoms with Gasteiger partial charge in [-0.15, -0.1) is 0 Å². The van der Waals surface area contributed by atoms with Crippen molar-refractivity contribution < 1.29 is 19.5 Å². The largest absolute Gasteiger partial charge is 0.501 e. The van der Waals surface area contributed by atoms with Crippen molar-refractivity contribution in [3.8, 4) is 16.9 Å². The monoisotopic (exact) mass is 529 g/mol. The van der Waals surface area contributed by atoms with Crippen LogP contribution >= 0.6 is 0 Å². The lowest BCUT2D eigenvalue weighted by Crippen LogP contribution is -2.53. The Labute approximate surface area is 225 Å². The molecule has 2 bridgehead atoms. The van der Waals surface area contributed by atoms with Gasteiger partial charge >= 0.3 is 11.8 Å². The van der Waals surface area contributed by atoms with Gasteiger partial charge in [0.05, 0.1) is 5.54 Å². The van der Waals surface area contributed by atoms with Crippen molar-refractivity contribution in [2.24, 2.45) is 5.92 Å². The molecule has 0 atom stereocenters. The second-order valence-corrected chi connectivity index (χ2v) is 10.4. The summed E-state index contributed by atoms with van der Waals surface area (Å²) in [7, 11) is 2.97. The molecule has 1 aromatic heterocycles. The van der Waals surface area contributed by atoms with E-state index in [1.54, 1.807) is 0 Å². The van der Waals surface area contributed by atoms with Crippen LogP contribution in [0.3, 0.4) is 0 Å². The predicted molar refractivity (Wildman–Crippen MR) is 144 cm³/mol. The quantitative estimate of drug-likeness (QED) is 0.434. The number of aromatic hydroxyl groups is 1. The Kier molecular flexibility index (Phi) is 6.94. The summed E-state index contributed by atoms with van der Waals surface area (Å²) in [4.78, 5) is 57.4. The number of aromatic nitrogens is 2. The van der Waals surface area contributed by atoms with Gasteiger partial charge in [-0.1, -0.05) is 54.6 Å². The molecular weight excluding hydrogens is 498 g/mol. The first-order valence-corrected chi connectivity index (χ1v) is 13.0. The van der Waals surface area contributed by atoms with Crippen molar-refractivity contribution in [1.29, 1.82) is 0 Å². The first kappa shape index (κ1) is 26.1. The van der Waals surface area contributed by atoms with Crippen LogP contribution in [-0.4, -0.2) is 51.4 Å². The Morgan fingerprint density at radius 3 is 2.41 bits per heavy atom. The fourth-order valence-corrected chi connectivity index (χ4v) is 5.56. The third-order valence-electron chi connectivity index (χ3n) is 7.68. The van der Waals surface area contributed by atoms with Crippen LogP contribution in [0.2, 0.25) is 0 Å². The van der Waals surface area contributed by atoms with Gasteiger partial charge in [-0.2, -0.15) is 0 Å².